The van der Waals surface area contributed by atoms with Crippen molar-refractivity contribution in [3.8, 4) is 6.07 Å². The Hall–Kier alpha value is -3.82. The lowest BCUT2D eigenvalue weighted by molar-refractivity contribution is -0.303. The van der Waals surface area contributed by atoms with Gasteiger partial charge in [0.2, 0.25) is 0 Å². The van der Waals surface area contributed by atoms with Crippen molar-refractivity contribution in [1.29, 1.82) is 5.26 Å². The van der Waals surface area contributed by atoms with Crippen LogP contribution in [-0.4, -0.2) is 21.8 Å². The number of rotatable bonds is 7. The molecule has 13 heteroatoms. The summed E-state index contributed by atoms with van der Waals surface area (Å²) in [4.78, 5) is 0. The van der Waals surface area contributed by atoms with Crippen LogP contribution in [0.3, 0.4) is 0 Å². The van der Waals surface area contributed by atoms with Crippen molar-refractivity contribution in [3.63, 3.8) is 0 Å². The standard InChI is InChI=1S/C19H13F7N4O2/c1-10(17-16(8-27)28-30-29-17)5-13(32-19(24,25)26)6-11(2)31-9-12-3-4-15(20)14(7-12)18(21,22)23/h3-7H,1,9H2,2H3,(H,28,29,30)/b11-6+,13-5+. The first-order chi connectivity index (χ1) is 14.8. The molecule has 2 rings (SSSR count). The first kappa shape index (κ1) is 24.4. The maximum Gasteiger partial charge on any atom is 0.573 e. The van der Waals surface area contributed by atoms with Gasteiger partial charge in [-0.1, -0.05) is 12.6 Å². The Labute approximate surface area is 176 Å². The molecular weight excluding hydrogens is 449 g/mol. The fourth-order valence-corrected chi connectivity index (χ4v) is 2.33. The zero-order valence-corrected chi connectivity index (χ0v) is 16.1. The Kier molecular flexibility index (Phi) is 7.29. The summed E-state index contributed by atoms with van der Waals surface area (Å²) >= 11 is 0. The molecule has 170 valence electrons. The molecule has 2 aromatic rings. The van der Waals surface area contributed by atoms with E-state index in [9.17, 15) is 30.7 Å². The van der Waals surface area contributed by atoms with E-state index in [1.54, 1.807) is 6.07 Å². The number of nitrogens with zero attached hydrogens (tertiary/aromatic N) is 3. The third kappa shape index (κ3) is 6.86. The van der Waals surface area contributed by atoms with Crippen LogP contribution < -0.4 is 0 Å². The molecule has 1 N–H and O–H groups in total. The number of alkyl halides is 6. The molecule has 0 bridgehead atoms. The number of ether oxygens (including phenoxy) is 2. The Morgan fingerprint density at radius 2 is 1.88 bits per heavy atom. The van der Waals surface area contributed by atoms with Crippen LogP contribution in [0.1, 0.15) is 29.4 Å². The maximum atomic E-state index is 13.3. The molecule has 0 spiro atoms. The van der Waals surface area contributed by atoms with Crippen LogP contribution in [0.5, 0.6) is 0 Å². The minimum Gasteiger partial charge on any atom is -0.493 e. The zero-order chi connectivity index (χ0) is 24.1. The lowest BCUT2D eigenvalue weighted by atomic mass is 10.1. The van der Waals surface area contributed by atoms with Gasteiger partial charge in [0.05, 0.1) is 11.3 Å². The number of benzene rings is 1. The molecule has 1 aromatic heterocycles. The monoisotopic (exact) mass is 462 g/mol. The van der Waals surface area contributed by atoms with E-state index < -0.39 is 36.3 Å². The fourth-order valence-electron chi connectivity index (χ4n) is 2.33. The third-order valence-corrected chi connectivity index (χ3v) is 3.66. The maximum absolute atomic E-state index is 13.3. The highest BCUT2D eigenvalue weighted by Crippen LogP contribution is 2.32. The number of nitrogens with one attached hydrogen (secondary N) is 1. The second-order valence-corrected chi connectivity index (χ2v) is 6.11. The van der Waals surface area contributed by atoms with E-state index in [1.165, 1.54) is 6.92 Å². The first-order valence-corrected chi connectivity index (χ1v) is 8.44. The summed E-state index contributed by atoms with van der Waals surface area (Å²) in [5, 5.41) is 18.2. The molecule has 0 saturated heterocycles. The summed E-state index contributed by atoms with van der Waals surface area (Å²) < 4.78 is 99.0. The van der Waals surface area contributed by atoms with Gasteiger partial charge in [-0.05, 0) is 30.7 Å². The molecule has 0 aliphatic carbocycles. The molecule has 0 aliphatic rings. The van der Waals surface area contributed by atoms with Gasteiger partial charge >= 0.3 is 12.5 Å². The van der Waals surface area contributed by atoms with Gasteiger partial charge in [0.1, 0.15) is 29.9 Å². The lowest BCUT2D eigenvalue weighted by Crippen LogP contribution is -2.12. The average Bonchev–Trinajstić information content (AvgIpc) is 3.14. The summed E-state index contributed by atoms with van der Waals surface area (Å²) in [6.07, 6.45) is -8.40. The summed E-state index contributed by atoms with van der Waals surface area (Å²) in [7, 11) is 0. The predicted octanol–water partition coefficient (Wildman–Crippen LogP) is 5.39. The average molecular weight is 462 g/mol. The van der Waals surface area contributed by atoms with Crippen LogP contribution in [0, 0.1) is 17.1 Å². The molecule has 0 saturated carbocycles. The van der Waals surface area contributed by atoms with E-state index in [0.717, 1.165) is 18.2 Å². The van der Waals surface area contributed by atoms with Crippen molar-refractivity contribution in [2.75, 3.05) is 0 Å². The third-order valence-electron chi connectivity index (χ3n) is 3.66. The summed E-state index contributed by atoms with van der Waals surface area (Å²) in [6, 6.07) is 3.84. The molecule has 1 heterocycles. The summed E-state index contributed by atoms with van der Waals surface area (Å²) in [5.41, 5.74) is -2.05. The van der Waals surface area contributed by atoms with Gasteiger partial charge in [0.15, 0.2) is 5.69 Å². The molecule has 0 unspecified atom stereocenters. The molecule has 0 fully saturated rings. The van der Waals surface area contributed by atoms with Crippen molar-refractivity contribution in [2.24, 2.45) is 0 Å². The SMILES string of the molecule is C=C(/C=C(\C=C(/C)OCc1ccc(F)c(C(F)(F)F)c1)OC(F)(F)F)c1n[nH]nc1C#N. The smallest absolute Gasteiger partial charge is 0.493 e. The van der Waals surface area contributed by atoms with Gasteiger partial charge in [0, 0.05) is 11.6 Å². The number of halogens is 7. The van der Waals surface area contributed by atoms with E-state index in [-0.39, 0.29) is 28.3 Å². The van der Waals surface area contributed by atoms with Crippen LogP contribution >= 0.6 is 0 Å². The van der Waals surface area contributed by atoms with Crippen molar-refractivity contribution in [2.45, 2.75) is 26.1 Å². The van der Waals surface area contributed by atoms with Crippen molar-refractivity contribution >= 4 is 5.57 Å². The van der Waals surface area contributed by atoms with Crippen molar-refractivity contribution in [1.82, 2.24) is 15.4 Å². The normalized spacial score (nSPS) is 13.0. The Balaban J connectivity index is 2.24. The van der Waals surface area contributed by atoms with Gasteiger partial charge in [-0.3, -0.25) is 0 Å². The van der Waals surface area contributed by atoms with Gasteiger partial charge < -0.3 is 9.47 Å². The number of hydrogen-bond acceptors (Lipinski definition) is 5. The summed E-state index contributed by atoms with van der Waals surface area (Å²) in [6.45, 7) is 4.24. The lowest BCUT2D eigenvalue weighted by Gasteiger charge is -2.13. The topological polar surface area (TPSA) is 83.8 Å². The molecule has 0 amide bonds. The highest BCUT2D eigenvalue weighted by atomic mass is 19.4. The van der Waals surface area contributed by atoms with Crippen LogP contribution in [0.2, 0.25) is 0 Å². The number of aromatic nitrogens is 3. The number of allylic oxidation sites excluding steroid dienone is 4. The number of aromatic amines is 1. The van der Waals surface area contributed by atoms with Crippen LogP contribution in [0.15, 0.2) is 48.4 Å². The zero-order valence-electron chi connectivity index (χ0n) is 16.1. The van der Waals surface area contributed by atoms with Crippen molar-refractivity contribution in [3.05, 3.63) is 76.8 Å². The Bertz CT molecular complexity index is 1090. The van der Waals surface area contributed by atoms with Crippen molar-refractivity contribution < 1.29 is 40.2 Å². The number of nitriles is 1. The van der Waals surface area contributed by atoms with E-state index in [4.69, 9.17) is 10.00 Å². The Morgan fingerprint density at radius 1 is 1.19 bits per heavy atom. The second-order valence-electron chi connectivity index (χ2n) is 6.11. The van der Waals surface area contributed by atoms with Gasteiger partial charge in [-0.2, -0.15) is 28.7 Å². The van der Waals surface area contributed by atoms with E-state index in [2.05, 4.69) is 26.7 Å². The van der Waals surface area contributed by atoms with Crippen LogP contribution in [0.25, 0.3) is 5.57 Å². The highest BCUT2D eigenvalue weighted by Gasteiger charge is 2.34. The molecular formula is C19H13F7N4O2. The fraction of sp³-hybridized carbons (Fsp3) is 0.211. The predicted molar refractivity (Wildman–Crippen MR) is 95.3 cm³/mol. The van der Waals surface area contributed by atoms with Gasteiger partial charge in [0.25, 0.3) is 0 Å². The number of H-pyrrole nitrogens is 1. The molecule has 0 aliphatic heterocycles. The van der Waals surface area contributed by atoms with E-state index in [0.29, 0.717) is 12.1 Å². The number of hydrogen-bond donors (Lipinski definition) is 1. The minimum absolute atomic E-state index is 0.0700. The Morgan fingerprint density at radius 3 is 2.47 bits per heavy atom. The molecule has 32 heavy (non-hydrogen) atoms. The quantitative estimate of drug-likeness (QED) is 0.339. The van der Waals surface area contributed by atoms with Crippen LogP contribution in [-0.2, 0) is 22.3 Å². The van der Waals surface area contributed by atoms with E-state index in [1.807, 2.05) is 0 Å². The molecule has 0 radical (unpaired) electrons. The molecule has 0 atom stereocenters. The minimum atomic E-state index is -5.09. The highest BCUT2D eigenvalue weighted by molar-refractivity contribution is 5.73. The molecule has 1 aromatic carbocycles. The first-order valence-electron chi connectivity index (χ1n) is 8.44. The van der Waals surface area contributed by atoms with Gasteiger partial charge in [-0.25, -0.2) is 4.39 Å². The van der Waals surface area contributed by atoms with Crippen LogP contribution in [0.4, 0.5) is 30.7 Å². The molecule has 6 nitrogen and oxygen atoms in total. The van der Waals surface area contributed by atoms with Gasteiger partial charge in [-0.15, -0.1) is 18.3 Å². The summed E-state index contributed by atoms with van der Waals surface area (Å²) in [5.74, 6) is -2.45. The second kappa shape index (κ2) is 9.54. The largest absolute Gasteiger partial charge is 0.573 e. The van der Waals surface area contributed by atoms with E-state index >= 15 is 0 Å².